The molecule has 2 heterocycles. The largest absolute Gasteiger partial charge is 0.380 e. The average Bonchev–Trinajstić information content (AvgIpc) is 2.87. The molecule has 0 radical (unpaired) electrons. The van der Waals surface area contributed by atoms with E-state index in [1.807, 2.05) is 10.9 Å². The van der Waals surface area contributed by atoms with Gasteiger partial charge in [0.1, 0.15) is 0 Å². The molecule has 0 bridgehead atoms. The Hall–Kier alpha value is -1.03. The van der Waals surface area contributed by atoms with E-state index in [2.05, 4.69) is 42.3 Å². The van der Waals surface area contributed by atoms with Crippen LogP contribution in [0.4, 0.5) is 5.69 Å². The Balaban J connectivity index is 1.86. The SMILES string of the molecule is CCCN1CCCC(C(C)Nc2cnn(CC)c2)C1. The molecule has 2 unspecified atom stereocenters. The number of nitrogens with one attached hydrogen (secondary N) is 1. The maximum atomic E-state index is 4.32. The predicted octanol–water partition coefficient (Wildman–Crippen LogP) is 2.83. The highest BCUT2D eigenvalue weighted by molar-refractivity contribution is 5.39. The van der Waals surface area contributed by atoms with Crippen LogP contribution < -0.4 is 5.32 Å². The topological polar surface area (TPSA) is 33.1 Å². The molecule has 19 heavy (non-hydrogen) atoms. The molecule has 4 nitrogen and oxygen atoms in total. The lowest BCUT2D eigenvalue weighted by molar-refractivity contribution is 0.165. The van der Waals surface area contributed by atoms with Crippen molar-refractivity contribution in [2.45, 2.75) is 52.6 Å². The van der Waals surface area contributed by atoms with Crippen molar-refractivity contribution < 1.29 is 0 Å². The summed E-state index contributed by atoms with van der Waals surface area (Å²) in [6.07, 6.45) is 7.98. The summed E-state index contributed by atoms with van der Waals surface area (Å²) in [6, 6.07) is 0.522. The lowest BCUT2D eigenvalue weighted by Gasteiger charge is -2.36. The van der Waals surface area contributed by atoms with E-state index in [1.165, 1.54) is 38.9 Å². The second kappa shape index (κ2) is 6.94. The van der Waals surface area contributed by atoms with E-state index in [0.717, 1.165) is 18.2 Å². The Morgan fingerprint density at radius 2 is 2.32 bits per heavy atom. The van der Waals surface area contributed by atoms with Gasteiger partial charge < -0.3 is 10.2 Å². The van der Waals surface area contributed by atoms with Crippen LogP contribution in [0.25, 0.3) is 0 Å². The number of anilines is 1. The minimum absolute atomic E-state index is 0.522. The molecule has 1 N–H and O–H groups in total. The molecule has 4 heteroatoms. The first-order valence-electron chi connectivity index (χ1n) is 7.74. The highest BCUT2D eigenvalue weighted by Gasteiger charge is 2.24. The van der Waals surface area contributed by atoms with Gasteiger partial charge in [0, 0.05) is 25.3 Å². The van der Waals surface area contributed by atoms with Gasteiger partial charge in [0.25, 0.3) is 0 Å². The number of likely N-dealkylation sites (tertiary alicyclic amines) is 1. The molecule has 0 amide bonds. The van der Waals surface area contributed by atoms with E-state index in [4.69, 9.17) is 0 Å². The zero-order valence-electron chi connectivity index (χ0n) is 12.6. The summed E-state index contributed by atoms with van der Waals surface area (Å²) in [5.41, 5.74) is 1.15. The number of hydrogen-bond acceptors (Lipinski definition) is 3. The van der Waals surface area contributed by atoms with Gasteiger partial charge in [-0.2, -0.15) is 5.10 Å². The smallest absolute Gasteiger partial charge is 0.0728 e. The van der Waals surface area contributed by atoms with Crippen LogP contribution >= 0.6 is 0 Å². The molecule has 0 aliphatic carbocycles. The summed E-state index contributed by atoms with van der Waals surface area (Å²) >= 11 is 0. The molecule has 1 aromatic heterocycles. The second-order valence-electron chi connectivity index (χ2n) is 5.72. The zero-order chi connectivity index (χ0) is 13.7. The molecule has 0 spiro atoms. The van der Waals surface area contributed by atoms with E-state index in [1.54, 1.807) is 0 Å². The fourth-order valence-electron chi connectivity index (χ4n) is 3.01. The van der Waals surface area contributed by atoms with E-state index in [-0.39, 0.29) is 0 Å². The van der Waals surface area contributed by atoms with Crippen molar-refractivity contribution in [2.24, 2.45) is 5.92 Å². The van der Waals surface area contributed by atoms with Crippen LogP contribution in [-0.2, 0) is 6.54 Å². The molecule has 2 rings (SSSR count). The molecule has 2 atom stereocenters. The predicted molar refractivity (Wildman–Crippen MR) is 80.4 cm³/mol. The van der Waals surface area contributed by atoms with Crippen molar-refractivity contribution in [1.82, 2.24) is 14.7 Å². The van der Waals surface area contributed by atoms with E-state index in [0.29, 0.717) is 6.04 Å². The standard InChI is InChI=1S/C15H28N4/c1-4-8-18-9-6-7-14(11-18)13(3)17-15-10-16-19(5-2)12-15/h10,12-14,17H,4-9,11H2,1-3H3. The summed E-state index contributed by atoms with van der Waals surface area (Å²) in [6.45, 7) is 11.4. The van der Waals surface area contributed by atoms with Gasteiger partial charge in [0.05, 0.1) is 11.9 Å². The molecule has 0 aromatic carbocycles. The van der Waals surface area contributed by atoms with Crippen molar-refractivity contribution in [3.63, 3.8) is 0 Å². The number of rotatable bonds is 6. The van der Waals surface area contributed by atoms with Crippen LogP contribution in [0.2, 0.25) is 0 Å². The third kappa shape index (κ3) is 3.96. The fraction of sp³-hybridized carbons (Fsp3) is 0.800. The van der Waals surface area contributed by atoms with Crippen molar-refractivity contribution >= 4 is 5.69 Å². The molecule has 1 aliphatic heterocycles. The summed E-state index contributed by atoms with van der Waals surface area (Å²) < 4.78 is 1.97. The minimum atomic E-state index is 0.522. The Bertz CT molecular complexity index is 372. The summed E-state index contributed by atoms with van der Waals surface area (Å²) in [7, 11) is 0. The van der Waals surface area contributed by atoms with Crippen molar-refractivity contribution in [3.8, 4) is 0 Å². The highest BCUT2D eigenvalue weighted by Crippen LogP contribution is 2.22. The van der Waals surface area contributed by atoms with Gasteiger partial charge in [-0.3, -0.25) is 4.68 Å². The Labute approximate surface area is 117 Å². The van der Waals surface area contributed by atoms with E-state index < -0.39 is 0 Å². The van der Waals surface area contributed by atoms with Gasteiger partial charge in [-0.15, -0.1) is 0 Å². The maximum absolute atomic E-state index is 4.32. The summed E-state index contributed by atoms with van der Waals surface area (Å²) in [5, 5.41) is 7.94. The van der Waals surface area contributed by atoms with Crippen LogP contribution in [0.15, 0.2) is 12.4 Å². The zero-order valence-corrected chi connectivity index (χ0v) is 12.6. The minimum Gasteiger partial charge on any atom is -0.380 e. The number of hydrogen-bond donors (Lipinski definition) is 1. The number of aromatic nitrogens is 2. The molecule has 1 aliphatic rings. The Morgan fingerprint density at radius 1 is 1.47 bits per heavy atom. The highest BCUT2D eigenvalue weighted by atomic mass is 15.3. The number of piperidine rings is 1. The molecular formula is C15H28N4. The normalized spacial score (nSPS) is 22.4. The quantitative estimate of drug-likeness (QED) is 0.857. The summed E-state index contributed by atoms with van der Waals surface area (Å²) in [5.74, 6) is 0.755. The average molecular weight is 264 g/mol. The molecular weight excluding hydrogens is 236 g/mol. The van der Waals surface area contributed by atoms with Gasteiger partial charge in [-0.1, -0.05) is 6.92 Å². The van der Waals surface area contributed by atoms with Crippen molar-refractivity contribution in [1.29, 1.82) is 0 Å². The third-order valence-electron chi connectivity index (χ3n) is 4.14. The monoisotopic (exact) mass is 264 g/mol. The van der Waals surface area contributed by atoms with Crippen LogP contribution in [0.5, 0.6) is 0 Å². The van der Waals surface area contributed by atoms with E-state index in [9.17, 15) is 0 Å². The Kier molecular flexibility index (Phi) is 5.25. The molecule has 1 fully saturated rings. The van der Waals surface area contributed by atoms with Crippen LogP contribution in [0.3, 0.4) is 0 Å². The first-order valence-corrected chi connectivity index (χ1v) is 7.74. The first kappa shape index (κ1) is 14.4. The lowest BCUT2D eigenvalue weighted by atomic mass is 9.91. The Morgan fingerprint density at radius 3 is 3.00 bits per heavy atom. The maximum Gasteiger partial charge on any atom is 0.0728 e. The lowest BCUT2D eigenvalue weighted by Crippen LogP contribution is -2.42. The van der Waals surface area contributed by atoms with Crippen LogP contribution in [0, 0.1) is 5.92 Å². The van der Waals surface area contributed by atoms with Crippen LogP contribution in [0.1, 0.15) is 40.0 Å². The molecule has 1 saturated heterocycles. The molecule has 0 saturated carbocycles. The number of aryl methyl sites for hydroxylation is 1. The van der Waals surface area contributed by atoms with Gasteiger partial charge >= 0.3 is 0 Å². The van der Waals surface area contributed by atoms with Crippen LogP contribution in [-0.4, -0.2) is 40.4 Å². The number of nitrogens with zero attached hydrogens (tertiary/aromatic N) is 3. The second-order valence-corrected chi connectivity index (χ2v) is 5.72. The fourth-order valence-corrected chi connectivity index (χ4v) is 3.01. The first-order chi connectivity index (χ1) is 9.22. The van der Waals surface area contributed by atoms with Crippen molar-refractivity contribution in [3.05, 3.63) is 12.4 Å². The van der Waals surface area contributed by atoms with E-state index >= 15 is 0 Å². The van der Waals surface area contributed by atoms with Gasteiger partial charge in [0.2, 0.25) is 0 Å². The van der Waals surface area contributed by atoms with Gasteiger partial charge in [-0.05, 0) is 52.1 Å². The summed E-state index contributed by atoms with van der Waals surface area (Å²) in [4.78, 5) is 2.61. The molecule has 1 aromatic rings. The van der Waals surface area contributed by atoms with Crippen molar-refractivity contribution in [2.75, 3.05) is 25.0 Å². The molecule has 108 valence electrons. The van der Waals surface area contributed by atoms with Gasteiger partial charge in [-0.25, -0.2) is 0 Å². The van der Waals surface area contributed by atoms with Gasteiger partial charge in [0.15, 0.2) is 0 Å². The third-order valence-corrected chi connectivity index (χ3v) is 4.14.